The molecule has 2 heteroatoms. The van der Waals surface area contributed by atoms with Crippen LogP contribution in [0.1, 0.15) is 44.2 Å². The van der Waals surface area contributed by atoms with Crippen LogP contribution in [0.5, 0.6) is 0 Å². The highest BCUT2D eigenvalue weighted by atomic mass is 19.1. The number of benzene rings is 1. The van der Waals surface area contributed by atoms with E-state index in [1.165, 1.54) is 6.42 Å². The molecule has 0 saturated carbocycles. The van der Waals surface area contributed by atoms with E-state index < -0.39 is 0 Å². The van der Waals surface area contributed by atoms with Crippen molar-refractivity contribution in [2.24, 2.45) is 5.92 Å². The summed E-state index contributed by atoms with van der Waals surface area (Å²) in [4.78, 5) is 0. The molecule has 0 amide bonds. The summed E-state index contributed by atoms with van der Waals surface area (Å²) in [6, 6.07) is 5.70. The lowest BCUT2D eigenvalue weighted by Crippen LogP contribution is -2.38. The zero-order chi connectivity index (χ0) is 12.5. The van der Waals surface area contributed by atoms with E-state index in [9.17, 15) is 4.39 Å². The molecule has 1 saturated heterocycles. The van der Waals surface area contributed by atoms with Crippen molar-refractivity contribution in [2.75, 3.05) is 6.54 Å². The fraction of sp³-hybridized carbons (Fsp3) is 0.600. The van der Waals surface area contributed by atoms with Crippen LogP contribution < -0.4 is 5.32 Å². The molecule has 0 aromatic heterocycles. The van der Waals surface area contributed by atoms with Crippen molar-refractivity contribution in [2.45, 2.75) is 45.6 Å². The predicted molar refractivity (Wildman–Crippen MR) is 69.5 cm³/mol. The van der Waals surface area contributed by atoms with Crippen LogP contribution in [0.25, 0.3) is 0 Å². The van der Waals surface area contributed by atoms with E-state index in [0.717, 1.165) is 30.5 Å². The summed E-state index contributed by atoms with van der Waals surface area (Å²) in [6.07, 6.45) is 3.38. The highest BCUT2D eigenvalue weighted by Crippen LogP contribution is 2.37. The molecule has 1 heterocycles. The third-order valence-corrected chi connectivity index (χ3v) is 3.72. The normalized spacial score (nSPS) is 24.5. The Morgan fingerprint density at radius 3 is 2.71 bits per heavy atom. The van der Waals surface area contributed by atoms with Crippen LogP contribution in [-0.2, 0) is 5.54 Å². The van der Waals surface area contributed by atoms with E-state index in [2.05, 4.69) is 25.2 Å². The van der Waals surface area contributed by atoms with Gasteiger partial charge in [-0.15, -0.1) is 0 Å². The van der Waals surface area contributed by atoms with Crippen molar-refractivity contribution >= 4 is 0 Å². The molecule has 1 nitrogen and oxygen atoms in total. The lowest BCUT2D eigenvalue weighted by molar-refractivity contribution is 0.309. The molecule has 1 aromatic carbocycles. The Labute approximate surface area is 103 Å². The van der Waals surface area contributed by atoms with E-state index in [1.54, 1.807) is 6.07 Å². The molecule has 94 valence electrons. The molecule has 0 aliphatic carbocycles. The molecular weight excluding hydrogens is 213 g/mol. The molecular formula is C15H22FN. The predicted octanol–water partition coefficient (Wildman–Crippen LogP) is 3.76. The van der Waals surface area contributed by atoms with E-state index in [1.807, 2.05) is 13.0 Å². The van der Waals surface area contributed by atoms with Crippen LogP contribution in [0, 0.1) is 18.7 Å². The van der Waals surface area contributed by atoms with Crippen molar-refractivity contribution in [1.29, 1.82) is 0 Å². The van der Waals surface area contributed by atoms with Crippen LogP contribution in [0.3, 0.4) is 0 Å². The Bertz CT molecular complexity index is 392. The highest BCUT2D eigenvalue weighted by Gasteiger charge is 2.35. The number of hydrogen-bond donors (Lipinski definition) is 1. The van der Waals surface area contributed by atoms with Crippen molar-refractivity contribution in [3.8, 4) is 0 Å². The monoisotopic (exact) mass is 235 g/mol. The fourth-order valence-electron chi connectivity index (χ4n) is 2.93. The molecule has 1 atom stereocenters. The zero-order valence-corrected chi connectivity index (χ0v) is 11.0. The third kappa shape index (κ3) is 2.52. The van der Waals surface area contributed by atoms with E-state index in [-0.39, 0.29) is 11.4 Å². The second-order valence-electron chi connectivity index (χ2n) is 5.67. The van der Waals surface area contributed by atoms with E-state index in [0.29, 0.717) is 5.92 Å². The summed E-state index contributed by atoms with van der Waals surface area (Å²) in [5.74, 6) is 0.532. The third-order valence-electron chi connectivity index (χ3n) is 3.72. The largest absolute Gasteiger partial charge is 0.307 e. The van der Waals surface area contributed by atoms with Gasteiger partial charge in [-0.3, -0.25) is 0 Å². The van der Waals surface area contributed by atoms with Gasteiger partial charge >= 0.3 is 0 Å². The number of rotatable bonds is 3. The summed E-state index contributed by atoms with van der Waals surface area (Å²) in [5.41, 5.74) is 1.85. The van der Waals surface area contributed by atoms with E-state index in [4.69, 9.17) is 0 Å². The standard InChI is InChI=1S/C15H22FN/c1-11(2)10-15(7-4-8-17-15)13-6-5-12(3)14(16)9-13/h5-6,9,11,17H,4,7-8,10H2,1-3H3. The van der Waals surface area contributed by atoms with Gasteiger partial charge in [0.25, 0.3) is 0 Å². The van der Waals surface area contributed by atoms with Gasteiger partial charge in [0.2, 0.25) is 0 Å². The zero-order valence-electron chi connectivity index (χ0n) is 11.0. The van der Waals surface area contributed by atoms with Crippen LogP contribution in [0.15, 0.2) is 18.2 Å². The molecule has 1 aliphatic rings. The summed E-state index contributed by atoms with van der Waals surface area (Å²) in [5, 5.41) is 3.60. The first kappa shape index (κ1) is 12.6. The first-order chi connectivity index (χ1) is 8.03. The van der Waals surface area contributed by atoms with Crippen LogP contribution in [0.4, 0.5) is 4.39 Å². The van der Waals surface area contributed by atoms with Crippen molar-refractivity contribution in [1.82, 2.24) is 5.32 Å². The first-order valence-electron chi connectivity index (χ1n) is 6.55. The average Bonchev–Trinajstić information content (AvgIpc) is 2.70. The molecule has 1 aromatic rings. The molecule has 0 spiro atoms. The summed E-state index contributed by atoms with van der Waals surface area (Å²) < 4.78 is 13.7. The maximum atomic E-state index is 13.7. The van der Waals surface area contributed by atoms with Gasteiger partial charge in [0, 0.05) is 5.54 Å². The van der Waals surface area contributed by atoms with Crippen molar-refractivity contribution in [3.63, 3.8) is 0 Å². The van der Waals surface area contributed by atoms with Gasteiger partial charge < -0.3 is 5.32 Å². The molecule has 1 aliphatic heterocycles. The Morgan fingerprint density at radius 2 is 2.18 bits per heavy atom. The van der Waals surface area contributed by atoms with Gasteiger partial charge in [0.15, 0.2) is 0 Å². The maximum Gasteiger partial charge on any atom is 0.126 e. The van der Waals surface area contributed by atoms with Gasteiger partial charge in [-0.1, -0.05) is 26.0 Å². The minimum absolute atomic E-state index is 0.00269. The minimum atomic E-state index is -0.0840. The molecule has 0 radical (unpaired) electrons. The van der Waals surface area contributed by atoms with Gasteiger partial charge in [-0.25, -0.2) is 4.39 Å². The number of aryl methyl sites for hydroxylation is 1. The molecule has 1 unspecified atom stereocenters. The van der Waals surface area contributed by atoms with Gasteiger partial charge in [-0.2, -0.15) is 0 Å². The molecule has 1 fully saturated rings. The molecule has 17 heavy (non-hydrogen) atoms. The smallest absolute Gasteiger partial charge is 0.126 e. The second kappa shape index (κ2) is 4.77. The quantitative estimate of drug-likeness (QED) is 0.841. The SMILES string of the molecule is Cc1ccc(C2(CC(C)C)CCCN2)cc1F. The number of nitrogens with one attached hydrogen (secondary N) is 1. The van der Waals surface area contributed by atoms with Crippen LogP contribution in [0.2, 0.25) is 0 Å². The van der Waals surface area contributed by atoms with Crippen LogP contribution >= 0.6 is 0 Å². The number of hydrogen-bond acceptors (Lipinski definition) is 1. The molecule has 1 N–H and O–H groups in total. The number of halogens is 1. The Balaban J connectivity index is 2.35. The van der Waals surface area contributed by atoms with Gasteiger partial charge in [0.05, 0.1) is 0 Å². The van der Waals surface area contributed by atoms with Crippen molar-refractivity contribution < 1.29 is 4.39 Å². The minimum Gasteiger partial charge on any atom is -0.307 e. The fourth-order valence-corrected chi connectivity index (χ4v) is 2.93. The van der Waals surface area contributed by atoms with Crippen LogP contribution in [-0.4, -0.2) is 6.54 Å². The summed E-state index contributed by atoms with van der Waals surface area (Å²) >= 11 is 0. The Kier molecular flexibility index (Phi) is 3.53. The summed E-state index contributed by atoms with van der Waals surface area (Å²) in [6.45, 7) is 7.32. The van der Waals surface area contributed by atoms with Gasteiger partial charge in [-0.05, 0) is 55.8 Å². The second-order valence-corrected chi connectivity index (χ2v) is 5.67. The molecule has 0 bridgehead atoms. The van der Waals surface area contributed by atoms with Gasteiger partial charge in [0.1, 0.15) is 5.82 Å². The Morgan fingerprint density at radius 1 is 1.41 bits per heavy atom. The lowest BCUT2D eigenvalue weighted by atomic mass is 9.81. The van der Waals surface area contributed by atoms with Crippen molar-refractivity contribution in [3.05, 3.63) is 35.1 Å². The Hall–Kier alpha value is -0.890. The average molecular weight is 235 g/mol. The topological polar surface area (TPSA) is 12.0 Å². The maximum absolute atomic E-state index is 13.7. The molecule has 2 rings (SSSR count). The van der Waals surface area contributed by atoms with E-state index >= 15 is 0 Å². The first-order valence-corrected chi connectivity index (χ1v) is 6.55. The summed E-state index contributed by atoms with van der Waals surface area (Å²) in [7, 11) is 0. The lowest BCUT2D eigenvalue weighted by Gasteiger charge is -2.32. The highest BCUT2D eigenvalue weighted by molar-refractivity contribution is 5.30.